The van der Waals surface area contributed by atoms with Gasteiger partial charge in [0.25, 0.3) is 0 Å². The van der Waals surface area contributed by atoms with Crippen LogP contribution in [0.25, 0.3) is 0 Å². The molecular formula is C20H32O5. The second kappa shape index (κ2) is 12.0. The van der Waals surface area contributed by atoms with Gasteiger partial charge in [-0.15, -0.1) is 0 Å². The second-order valence-electron chi connectivity index (χ2n) is 6.87. The standard InChI is InChI=1S/C20H32O5/c1-2-3-5-8-16(21)13-11-15-12-14-18(22)17(15)9-6-4-7-10-19(23)20(24)25/h4-6,8,15-17,19,21,23H,2-3,7,9-14H2,1H3,(H,24,25)/t15-,16?,17+,19?/m0/s1. The molecule has 142 valence electrons. The van der Waals surface area contributed by atoms with Gasteiger partial charge in [0.1, 0.15) is 5.78 Å². The van der Waals surface area contributed by atoms with Crippen LogP contribution in [0.15, 0.2) is 24.3 Å². The van der Waals surface area contributed by atoms with E-state index in [-0.39, 0.29) is 18.1 Å². The number of unbranched alkanes of at least 4 members (excludes halogenated alkanes) is 1. The predicted octanol–water partition coefficient (Wildman–Crippen LogP) is 3.25. The van der Waals surface area contributed by atoms with Crippen LogP contribution in [0.1, 0.15) is 64.7 Å². The lowest BCUT2D eigenvalue weighted by atomic mass is 9.87. The zero-order chi connectivity index (χ0) is 18.7. The lowest BCUT2D eigenvalue weighted by molar-refractivity contribution is -0.146. The number of hydrogen-bond acceptors (Lipinski definition) is 4. The minimum Gasteiger partial charge on any atom is -0.479 e. The predicted molar refractivity (Wildman–Crippen MR) is 97.1 cm³/mol. The zero-order valence-corrected chi connectivity index (χ0v) is 15.1. The molecule has 25 heavy (non-hydrogen) atoms. The van der Waals surface area contributed by atoms with Crippen molar-refractivity contribution in [1.29, 1.82) is 0 Å². The summed E-state index contributed by atoms with van der Waals surface area (Å²) in [4.78, 5) is 22.6. The third kappa shape index (κ3) is 8.45. The van der Waals surface area contributed by atoms with Gasteiger partial charge in [0.15, 0.2) is 6.10 Å². The van der Waals surface area contributed by atoms with Crippen LogP contribution < -0.4 is 0 Å². The molecule has 0 heterocycles. The van der Waals surface area contributed by atoms with E-state index >= 15 is 0 Å². The lowest BCUT2D eigenvalue weighted by Gasteiger charge is -2.18. The third-order valence-electron chi connectivity index (χ3n) is 4.84. The number of carboxylic acids is 1. The van der Waals surface area contributed by atoms with Crippen LogP contribution in [0.3, 0.4) is 0 Å². The fourth-order valence-electron chi connectivity index (χ4n) is 3.29. The molecule has 0 amide bonds. The summed E-state index contributed by atoms with van der Waals surface area (Å²) in [7, 11) is 0. The molecule has 1 aliphatic carbocycles. The molecule has 1 aliphatic rings. The monoisotopic (exact) mass is 352 g/mol. The summed E-state index contributed by atoms with van der Waals surface area (Å²) in [5.41, 5.74) is 0. The number of carboxylic acid groups (broad SMARTS) is 1. The highest BCUT2D eigenvalue weighted by Gasteiger charge is 2.33. The van der Waals surface area contributed by atoms with E-state index in [2.05, 4.69) is 6.92 Å². The van der Waals surface area contributed by atoms with Crippen molar-refractivity contribution >= 4 is 11.8 Å². The maximum absolute atomic E-state index is 12.1. The SMILES string of the molecule is CCCC=CC(O)CC[C@H]1CCC(=O)[C@@H]1CC=CCCC(O)C(=O)O. The molecule has 3 N–H and O–H groups in total. The van der Waals surface area contributed by atoms with Crippen LogP contribution in [0.2, 0.25) is 0 Å². The molecule has 1 fully saturated rings. The van der Waals surface area contributed by atoms with Crippen LogP contribution in [-0.2, 0) is 9.59 Å². The maximum atomic E-state index is 12.1. The molecule has 0 saturated heterocycles. The molecule has 0 radical (unpaired) electrons. The Morgan fingerprint density at radius 3 is 2.64 bits per heavy atom. The molecular weight excluding hydrogens is 320 g/mol. The molecule has 1 rings (SSSR count). The first-order chi connectivity index (χ1) is 12.0. The molecule has 5 nitrogen and oxygen atoms in total. The van der Waals surface area contributed by atoms with Crippen molar-refractivity contribution in [2.75, 3.05) is 0 Å². The molecule has 0 aromatic carbocycles. The summed E-state index contributed by atoms with van der Waals surface area (Å²) < 4.78 is 0. The number of aliphatic carboxylic acids is 1. The summed E-state index contributed by atoms with van der Waals surface area (Å²) in [6, 6.07) is 0. The van der Waals surface area contributed by atoms with Crippen molar-refractivity contribution in [2.24, 2.45) is 11.8 Å². The van der Waals surface area contributed by atoms with Crippen molar-refractivity contribution < 1.29 is 24.9 Å². The average molecular weight is 352 g/mol. The van der Waals surface area contributed by atoms with Gasteiger partial charge in [-0.2, -0.15) is 0 Å². The first-order valence-electron chi connectivity index (χ1n) is 9.39. The quantitative estimate of drug-likeness (QED) is 0.469. The Balaban J connectivity index is 2.35. The number of carbonyl (C=O) groups excluding carboxylic acids is 1. The third-order valence-corrected chi connectivity index (χ3v) is 4.84. The van der Waals surface area contributed by atoms with Crippen LogP contribution in [-0.4, -0.2) is 39.3 Å². The van der Waals surface area contributed by atoms with Crippen LogP contribution in [0.5, 0.6) is 0 Å². The van der Waals surface area contributed by atoms with E-state index in [0.717, 1.165) is 25.7 Å². The fourth-order valence-corrected chi connectivity index (χ4v) is 3.29. The number of ketones is 1. The van der Waals surface area contributed by atoms with Gasteiger partial charge in [0.05, 0.1) is 6.10 Å². The maximum Gasteiger partial charge on any atom is 0.332 e. The number of aliphatic hydroxyl groups excluding tert-OH is 2. The average Bonchev–Trinajstić information content (AvgIpc) is 2.92. The van der Waals surface area contributed by atoms with Crippen molar-refractivity contribution in [1.82, 2.24) is 0 Å². The molecule has 0 aromatic heterocycles. The summed E-state index contributed by atoms with van der Waals surface area (Å²) in [5.74, 6) is -0.592. The molecule has 2 unspecified atom stereocenters. The van der Waals surface area contributed by atoms with E-state index in [9.17, 15) is 19.8 Å². The van der Waals surface area contributed by atoms with E-state index in [4.69, 9.17) is 5.11 Å². The number of hydrogen-bond donors (Lipinski definition) is 3. The Kier molecular flexibility index (Phi) is 10.3. The van der Waals surface area contributed by atoms with E-state index < -0.39 is 18.2 Å². The number of allylic oxidation sites excluding steroid dienone is 3. The normalized spacial score (nSPS) is 23.6. The van der Waals surface area contributed by atoms with E-state index in [1.54, 1.807) is 0 Å². The van der Waals surface area contributed by atoms with Crippen molar-refractivity contribution in [3.05, 3.63) is 24.3 Å². The Labute approximate surface area is 150 Å². The first kappa shape index (κ1) is 21.6. The van der Waals surface area contributed by atoms with Gasteiger partial charge in [-0.3, -0.25) is 4.79 Å². The lowest BCUT2D eigenvalue weighted by Crippen LogP contribution is -2.18. The van der Waals surface area contributed by atoms with Crippen LogP contribution in [0.4, 0.5) is 0 Å². The van der Waals surface area contributed by atoms with Gasteiger partial charge >= 0.3 is 5.97 Å². The van der Waals surface area contributed by atoms with Crippen LogP contribution in [0, 0.1) is 11.8 Å². The summed E-state index contributed by atoms with van der Waals surface area (Å²) in [5, 5.41) is 27.8. The highest BCUT2D eigenvalue weighted by molar-refractivity contribution is 5.83. The Morgan fingerprint density at radius 1 is 1.20 bits per heavy atom. The number of Topliss-reactive ketones (excluding diaryl/α,β-unsaturated/α-hetero) is 1. The van der Waals surface area contributed by atoms with Gasteiger partial charge < -0.3 is 15.3 Å². The van der Waals surface area contributed by atoms with Crippen molar-refractivity contribution in [3.8, 4) is 0 Å². The fraction of sp³-hybridized carbons (Fsp3) is 0.700. The minimum atomic E-state index is -1.33. The highest BCUT2D eigenvalue weighted by atomic mass is 16.4. The first-order valence-corrected chi connectivity index (χ1v) is 9.39. The second-order valence-corrected chi connectivity index (χ2v) is 6.87. The smallest absolute Gasteiger partial charge is 0.332 e. The largest absolute Gasteiger partial charge is 0.479 e. The van der Waals surface area contributed by atoms with Gasteiger partial charge in [0.2, 0.25) is 0 Å². The minimum absolute atomic E-state index is 0.00692. The van der Waals surface area contributed by atoms with Gasteiger partial charge in [-0.25, -0.2) is 4.79 Å². The Hall–Kier alpha value is -1.46. The Morgan fingerprint density at radius 2 is 1.96 bits per heavy atom. The Bertz CT molecular complexity index is 469. The highest BCUT2D eigenvalue weighted by Crippen LogP contribution is 2.35. The van der Waals surface area contributed by atoms with Crippen molar-refractivity contribution in [2.45, 2.75) is 76.9 Å². The van der Waals surface area contributed by atoms with E-state index in [0.29, 0.717) is 31.6 Å². The summed E-state index contributed by atoms with van der Waals surface area (Å²) >= 11 is 0. The number of carbonyl (C=O) groups is 2. The molecule has 0 spiro atoms. The molecule has 0 aromatic rings. The summed E-state index contributed by atoms with van der Waals surface area (Å²) in [6.45, 7) is 2.10. The molecule has 5 heteroatoms. The van der Waals surface area contributed by atoms with Gasteiger partial charge in [-0.1, -0.05) is 37.6 Å². The van der Waals surface area contributed by atoms with Gasteiger partial charge in [-0.05, 0) is 50.9 Å². The molecule has 0 aliphatic heterocycles. The van der Waals surface area contributed by atoms with Gasteiger partial charge in [0, 0.05) is 12.3 Å². The topological polar surface area (TPSA) is 94.8 Å². The molecule has 4 atom stereocenters. The van der Waals surface area contributed by atoms with E-state index in [1.807, 2.05) is 24.3 Å². The zero-order valence-electron chi connectivity index (χ0n) is 15.1. The van der Waals surface area contributed by atoms with Crippen molar-refractivity contribution in [3.63, 3.8) is 0 Å². The number of rotatable bonds is 12. The van der Waals surface area contributed by atoms with Crippen LogP contribution >= 0.6 is 0 Å². The molecule has 0 bridgehead atoms. The molecule has 1 saturated carbocycles. The van der Waals surface area contributed by atoms with E-state index in [1.165, 1.54) is 0 Å². The summed E-state index contributed by atoms with van der Waals surface area (Å²) in [6.07, 6.45) is 12.3. The number of aliphatic hydroxyl groups is 2.